The zero-order valence-electron chi connectivity index (χ0n) is 22.8. The molecular formula is C30H39N3O7. The first-order chi connectivity index (χ1) is 19.6. The second-order valence-corrected chi connectivity index (χ2v) is 10.7. The van der Waals surface area contributed by atoms with E-state index >= 15 is 0 Å². The molecule has 1 saturated carbocycles. The number of nitrogens with one attached hydrogen (secondary N) is 2. The molecule has 0 aromatic heterocycles. The van der Waals surface area contributed by atoms with Gasteiger partial charge in [0, 0.05) is 44.2 Å². The molecule has 2 fully saturated rings. The number of likely N-dealkylation sites (tertiary alicyclic amines) is 1. The molecule has 4 bridgehead atoms. The van der Waals surface area contributed by atoms with E-state index in [9.17, 15) is 9.59 Å². The molecule has 5 rings (SSSR count). The summed E-state index contributed by atoms with van der Waals surface area (Å²) in [6.45, 7) is 4.18. The summed E-state index contributed by atoms with van der Waals surface area (Å²) < 4.78 is 23.9. The zero-order chi connectivity index (χ0) is 27.7. The summed E-state index contributed by atoms with van der Waals surface area (Å²) in [5.41, 5.74) is 1.37. The highest BCUT2D eigenvalue weighted by atomic mass is 16.5. The molecule has 1 aliphatic carbocycles. The van der Waals surface area contributed by atoms with E-state index < -0.39 is 0 Å². The predicted molar refractivity (Wildman–Crippen MR) is 148 cm³/mol. The van der Waals surface area contributed by atoms with Crippen molar-refractivity contribution in [1.29, 1.82) is 0 Å². The molecule has 2 aliphatic heterocycles. The summed E-state index contributed by atoms with van der Waals surface area (Å²) in [4.78, 5) is 28.2. The molecule has 3 N–H and O–H groups in total. The Morgan fingerprint density at radius 1 is 1.05 bits per heavy atom. The van der Waals surface area contributed by atoms with Gasteiger partial charge in [0.15, 0.2) is 0 Å². The van der Waals surface area contributed by atoms with Gasteiger partial charge in [0.1, 0.15) is 17.2 Å². The van der Waals surface area contributed by atoms with Crippen molar-refractivity contribution in [3.05, 3.63) is 53.6 Å². The lowest BCUT2D eigenvalue weighted by Gasteiger charge is -2.38. The van der Waals surface area contributed by atoms with Crippen molar-refractivity contribution in [3.8, 4) is 17.2 Å². The van der Waals surface area contributed by atoms with Crippen molar-refractivity contribution in [2.75, 3.05) is 52.6 Å². The highest BCUT2D eigenvalue weighted by Gasteiger charge is 2.31. The van der Waals surface area contributed by atoms with Gasteiger partial charge in [-0.1, -0.05) is 12.1 Å². The average Bonchev–Trinajstić information content (AvgIpc) is 3.78. The fraction of sp³-hybridized carbons (Fsp3) is 0.533. The summed E-state index contributed by atoms with van der Waals surface area (Å²) in [6.07, 6.45) is 3.08. The molecule has 0 radical (unpaired) electrons. The number of carbonyl (C=O) groups is 2. The summed E-state index contributed by atoms with van der Waals surface area (Å²) in [7, 11) is 0. The van der Waals surface area contributed by atoms with Crippen LogP contribution in [0.15, 0.2) is 42.5 Å². The molecular weight excluding hydrogens is 514 g/mol. The van der Waals surface area contributed by atoms with Crippen LogP contribution in [-0.2, 0) is 20.9 Å². The van der Waals surface area contributed by atoms with E-state index in [0.29, 0.717) is 68.2 Å². The van der Waals surface area contributed by atoms with Crippen LogP contribution in [0.3, 0.4) is 0 Å². The molecule has 2 atom stereocenters. The highest BCUT2D eigenvalue weighted by molar-refractivity contribution is 5.95. The van der Waals surface area contributed by atoms with E-state index in [1.165, 1.54) is 12.8 Å². The number of hydrogen-bond acceptors (Lipinski definition) is 8. The summed E-state index contributed by atoms with van der Waals surface area (Å²) in [6, 6.07) is 12.7. The summed E-state index contributed by atoms with van der Waals surface area (Å²) in [5.74, 6) is 1.87. The fourth-order valence-electron chi connectivity index (χ4n) is 4.95. The number of ether oxygens (including phenoxy) is 4. The first-order valence-electron chi connectivity index (χ1n) is 14.2. The van der Waals surface area contributed by atoms with Gasteiger partial charge in [-0.3, -0.25) is 14.5 Å². The third kappa shape index (κ3) is 8.41. The lowest BCUT2D eigenvalue weighted by atomic mass is 10.0. The zero-order valence-corrected chi connectivity index (χ0v) is 22.8. The topological polar surface area (TPSA) is 119 Å². The van der Waals surface area contributed by atoms with Crippen LogP contribution in [0.2, 0.25) is 0 Å². The molecule has 2 amide bonds. The van der Waals surface area contributed by atoms with Gasteiger partial charge in [-0.2, -0.15) is 0 Å². The number of hydrogen-bond donors (Lipinski definition) is 3. The Kier molecular flexibility index (Phi) is 9.88. The Morgan fingerprint density at radius 3 is 2.80 bits per heavy atom. The van der Waals surface area contributed by atoms with Crippen LogP contribution in [0.5, 0.6) is 17.2 Å². The molecule has 2 heterocycles. The van der Waals surface area contributed by atoms with E-state index in [1.807, 2.05) is 24.3 Å². The second-order valence-electron chi connectivity index (χ2n) is 10.7. The first-order valence-corrected chi connectivity index (χ1v) is 14.2. The molecule has 3 aliphatic rings. The molecule has 10 heteroatoms. The number of aliphatic hydroxyl groups is 1. The number of nitrogens with zero attached hydrogens (tertiary/aromatic N) is 1. The smallest absolute Gasteiger partial charge is 0.251 e. The van der Waals surface area contributed by atoms with Crippen LogP contribution < -0.4 is 20.1 Å². The molecule has 10 nitrogen and oxygen atoms in total. The van der Waals surface area contributed by atoms with Crippen LogP contribution in [-0.4, -0.2) is 86.6 Å². The van der Waals surface area contributed by atoms with Gasteiger partial charge in [-0.25, -0.2) is 0 Å². The fourth-order valence-corrected chi connectivity index (χ4v) is 4.95. The van der Waals surface area contributed by atoms with Crippen LogP contribution in [0.4, 0.5) is 0 Å². The van der Waals surface area contributed by atoms with Crippen molar-refractivity contribution < 1.29 is 33.6 Å². The Labute approximate surface area is 234 Å². The van der Waals surface area contributed by atoms with E-state index in [2.05, 4.69) is 15.5 Å². The van der Waals surface area contributed by atoms with Crippen molar-refractivity contribution >= 4 is 11.8 Å². The number of benzene rings is 2. The maximum Gasteiger partial charge on any atom is 0.251 e. The number of carbonyl (C=O) groups excluding carboxylic acids is 2. The number of rotatable bonds is 8. The van der Waals surface area contributed by atoms with Gasteiger partial charge in [-0.05, 0) is 55.0 Å². The van der Waals surface area contributed by atoms with E-state index in [-0.39, 0.29) is 43.5 Å². The van der Waals surface area contributed by atoms with Crippen molar-refractivity contribution in [2.45, 2.75) is 44.4 Å². The maximum atomic E-state index is 13.0. The van der Waals surface area contributed by atoms with Crippen molar-refractivity contribution in [2.24, 2.45) is 5.92 Å². The molecule has 216 valence electrons. The predicted octanol–water partition coefficient (Wildman–Crippen LogP) is 2.49. The SMILES string of the molecule is O=C1CCNC(=O)c2cc(OCC3CC3)cc(c2)Oc2cccc(c2)CO[C@@H]2CCN(CCOCCO)C[C@@H]2N1. The third-order valence-corrected chi connectivity index (χ3v) is 7.33. The minimum Gasteiger partial charge on any atom is -0.493 e. The molecule has 0 unspecified atom stereocenters. The number of aliphatic hydroxyl groups excluding tert-OH is 1. The lowest BCUT2D eigenvalue weighted by Crippen LogP contribution is -2.56. The number of fused-ring (bicyclic) bond motifs is 5. The summed E-state index contributed by atoms with van der Waals surface area (Å²) in [5, 5.41) is 14.9. The third-order valence-electron chi connectivity index (χ3n) is 7.33. The second kappa shape index (κ2) is 13.9. The maximum absolute atomic E-state index is 13.0. The normalized spacial score (nSPS) is 22.3. The van der Waals surface area contributed by atoms with Gasteiger partial charge < -0.3 is 34.7 Å². The highest BCUT2D eigenvalue weighted by Crippen LogP contribution is 2.32. The van der Waals surface area contributed by atoms with Gasteiger partial charge in [-0.15, -0.1) is 0 Å². The quantitative estimate of drug-likeness (QED) is 0.427. The average molecular weight is 554 g/mol. The monoisotopic (exact) mass is 553 g/mol. The summed E-state index contributed by atoms with van der Waals surface area (Å²) >= 11 is 0. The van der Waals surface area contributed by atoms with Crippen molar-refractivity contribution in [1.82, 2.24) is 15.5 Å². The van der Waals surface area contributed by atoms with E-state index in [1.54, 1.807) is 18.2 Å². The largest absolute Gasteiger partial charge is 0.493 e. The Balaban J connectivity index is 1.31. The van der Waals surface area contributed by atoms with Crippen LogP contribution >= 0.6 is 0 Å². The number of amides is 2. The molecule has 1 saturated heterocycles. The standard InChI is InChI=1S/C30H39N3O7/c34-11-13-37-12-10-33-9-7-28-27(18-33)32-29(35)6-8-31-30(36)23-15-25(38-19-21-4-5-21)17-26(16-23)40-24-3-1-2-22(14-24)20-39-28/h1-3,14-17,21,27-28,34H,4-13,18-20H2,(H,31,36)(H,32,35)/t27-,28+/m0/s1. The molecule has 0 spiro atoms. The minimum atomic E-state index is -0.291. The minimum absolute atomic E-state index is 0.00208. The molecule has 2 aromatic carbocycles. The number of piperidine rings is 1. The molecule has 2 aromatic rings. The van der Waals surface area contributed by atoms with Crippen LogP contribution in [0.1, 0.15) is 41.6 Å². The molecule has 40 heavy (non-hydrogen) atoms. The lowest BCUT2D eigenvalue weighted by molar-refractivity contribution is -0.124. The Bertz CT molecular complexity index is 1160. The van der Waals surface area contributed by atoms with E-state index in [4.69, 9.17) is 24.1 Å². The van der Waals surface area contributed by atoms with Gasteiger partial charge >= 0.3 is 0 Å². The van der Waals surface area contributed by atoms with Gasteiger partial charge in [0.25, 0.3) is 5.91 Å². The Morgan fingerprint density at radius 2 is 1.95 bits per heavy atom. The van der Waals surface area contributed by atoms with Crippen LogP contribution in [0.25, 0.3) is 0 Å². The van der Waals surface area contributed by atoms with Gasteiger partial charge in [0.2, 0.25) is 5.91 Å². The van der Waals surface area contributed by atoms with Crippen LogP contribution in [0, 0.1) is 5.92 Å². The Hall–Kier alpha value is -3.18. The van der Waals surface area contributed by atoms with E-state index in [0.717, 1.165) is 18.5 Å². The first kappa shape index (κ1) is 28.4. The van der Waals surface area contributed by atoms with Crippen molar-refractivity contribution in [3.63, 3.8) is 0 Å². The van der Waals surface area contributed by atoms with Gasteiger partial charge in [0.05, 0.1) is 45.2 Å².